The van der Waals surface area contributed by atoms with E-state index in [1.165, 1.54) is 7.11 Å². The molecule has 0 saturated heterocycles. The van der Waals surface area contributed by atoms with Crippen molar-refractivity contribution in [2.75, 3.05) is 7.11 Å². The molecule has 0 saturated carbocycles. The van der Waals surface area contributed by atoms with Gasteiger partial charge in [0.05, 0.1) is 7.11 Å². The number of rotatable bonds is 5. The third-order valence-corrected chi connectivity index (χ3v) is 3.27. The first-order valence-corrected chi connectivity index (χ1v) is 6.49. The van der Waals surface area contributed by atoms with Gasteiger partial charge in [0.2, 0.25) is 0 Å². The Hall–Kier alpha value is -2.20. The molecule has 2 aromatic rings. The zero-order valence-corrected chi connectivity index (χ0v) is 11.6. The molecule has 0 heterocycles. The van der Waals surface area contributed by atoms with Crippen LogP contribution in [0, 0.1) is 0 Å². The van der Waals surface area contributed by atoms with Crippen molar-refractivity contribution < 1.29 is 14.9 Å². The largest absolute Gasteiger partial charge is 0.508 e. The van der Waals surface area contributed by atoms with Crippen LogP contribution in [0.5, 0.6) is 17.2 Å². The van der Waals surface area contributed by atoms with Crippen molar-refractivity contribution in [1.82, 2.24) is 5.32 Å². The van der Waals surface area contributed by atoms with Crippen LogP contribution in [0.3, 0.4) is 0 Å². The van der Waals surface area contributed by atoms with Gasteiger partial charge in [-0.1, -0.05) is 24.3 Å². The van der Waals surface area contributed by atoms with Crippen LogP contribution in [-0.4, -0.2) is 17.3 Å². The molecular formula is C16H19NO3. The molecule has 2 rings (SSSR count). The molecule has 0 spiro atoms. The second-order valence-corrected chi connectivity index (χ2v) is 4.67. The van der Waals surface area contributed by atoms with Crippen molar-refractivity contribution >= 4 is 0 Å². The number of aromatic hydroxyl groups is 2. The third-order valence-electron chi connectivity index (χ3n) is 3.27. The number of phenols is 2. The van der Waals surface area contributed by atoms with E-state index in [2.05, 4.69) is 5.32 Å². The molecule has 3 N–H and O–H groups in total. The summed E-state index contributed by atoms with van der Waals surface area (Å²) in [5.74, 6) is 0.875. The average Bonchev–Trinajstić information content (AvgIpc) is 2.46. The maximum absolute atomic E-state index is 10.0. The zero-order chi connectivity index (χ0) is 14.5. The smallest absolute Gasteiger partial charge is 0.162 e. The van der Waals surface area contributed by atoms with Gasteiger partial charge in [-0.3, -0.25) is 0 Å². The van der Waals surface area contributed by atoms with Gasteiger partial charge in [-0.05, 0) is 30.7 Å². The number of hydrogen-bond acceptors (Lipinski definition) is 4. The molecule has 0 aromatic heterocycles. The van der Waals surface area contributed by atoms with E-state index in [9.17, 15) is 10.2 Å². The maximum atomic E-state index is 10.0. The topological polar surface area (TPSA) is 61.7 Å². The van der Waals surface area contributed by atoms with Gasteiger partial charge in [0.25, 0.3) is 0 Å². The van der Waals surface area contributed by atoms with Crippen LogP contribution in [0.15, 0.2) is 42.5 Å². The minimum atomic E-state index is 0.0627. The molecule has 106 valence electrons. The van der Waals surface area contributed by atoms with Gasteiger partial charge in [-0.2, -0.15) is 0 Å². The first-order chi connectivity index (χ1) is 9.61. The first-order valence-electron chi connectivity index (χ1n) is 6.49. The van der Waals surface area contributed by atoms with Gasteiger partial charge in [0, 0.05) is 18.2 Å². The summed E-state index contributed by atoms with van der Waals surface area (Å²) in [6, 6.07) is 12.6. The summed E-state index contributed by atoms with van der Waals surface area (Å²) < 4.78 is 5.08. The molecule has 4 nitrogen and oxygen atoms in total. The van der Waals surface area contributed by atoms with Crippen molar-refractivity contribution in [3.05, 3.63) is 53.6 Å². The third kappa shape index (κ3) is 3.22. The SMILES string of the molecule is COc1cccc(CNC(C)c2cccc(O)c2)c1O. The summed E-state index contributed by atoms with van der Waals surface area (Å²) in [5, 5.41) is 22.8. The van der Waals surface area contributed by atoms with Crippen LogP contribution >= 0.6 is 0 Å². The molecule has 1 unspecified atom stereocenters. The lowest BCUT2D eigenvalue weighted by molar-refractivity contribution is 0.369. The van der Waals surface area contributed by atoms with E-state index in [0.717, 1.165) is 11.1 Å². The van der Waals surface area contributed by atoms with Gasteiger partial charge in [-0.25, -0.2) is 0 Å². The Morgan fingerprint density at radius 1 is 1.15 bits per heavy atom. The molecule has 4 heteroatoms. The Morgan fingerprint density at radius 3 is 2.60 bits per heavy atom. The first kappa shape index (κ1) is 14.2. The highest BCUT2D eigenvalue weighted by atomic mass is 16.5. The molecule has 0 radical (unpaired) electrons. The summed E-state index contributed by atoms with van der Waals surface area (Å²) in [5.41, 5.74) is 1.77. The van der Waals surface area contributed by atoms with Crippen LogP contribution in [0.25, 0.3) is 0 Å². The number of nitrogens with one attached hydrogen (secondary N) is 1. The van der Waals surface area contributed by atoms with Gasteiger partial charge in [0.1, 0.15) is 5.75 Å². The van der Waals surface area contributed by atoms with Crippen LogP contribution in [0.2, 0.25) is 0 Å². The zero-order valence-electron chi connectivity index (χ0n) is 11.6. The van der Waals surface area contributed by atoms with E-state index in [0.29, 0.717) is 12.3 Å². The van der Waals surface area contributed by atoms with Gasteiger partial charge in [-0.15, -0.1) is 0 Å². The second kappa shape index (κ2) is 6.30. The Balaban J connectivity index is 2.05. The summed E-state index contributed by atoms with van der Waals surface area (Å²) in [6.07, 6.45) is 0. The van der Waals surface area contributed by atoms with Crippen molar-refractivity contribution in [3.8, 4) is 17.2 Å². The normalized spacial score (nSPS) is 12.1. The number of hydrogen-bond donors (Lipinski definition) is 3. The molecule has 2 aromatic carbocycles. The van der Waals surface area contributed by atoms with E-state index >= 15 is 0 Å². The Bertz CT molecular complexity index is 584. The predicted molar refractivity (Wildman–Crippen MR) is 78.0 cm³/mol. The van der Waals surface area contributed by atoms with E-state index in [4.69, 9.17) is 4.74 Å². The fraction of sp³-hybridized carbons (Fsp3) is 0.250. The van der Waals surface area contributed by atoms with E-state index in [1.54, 1.807) is 18.2 Å². The molecule has 0 aliphatic rings. The highest BCUT2D eigenvalue weighted by molar-refractivity contribution is 5.45. The van der Waals surface area contributed by atoms with Crippen molar-refractivity contribution in [3.63, 3.8) is 0 Å². The molecule has 0 bridgehead atoms. The number of benzene rings is 2. The van der Waals surface area contributed by atoms with Crippen LogP contribution in [0.4, 0.5) is 0 Å². The minimum Gasteiger partial charge on any atom is -0.508 e. The number of para-hydroxylation sites is 1. The molecule has 0 aliphatic heterocycles. The minimum absolute atomic E-state index is 0.0627. The summed E-state index contributed by atoms with van der Waals surface area (Å²) in [7, 11) is 1.53. The Morgan fingerprint density at radius 2 is 1.90 bits per heavy atom. The lowest BCUT2D eigenvalue weighted by Gasteiger charge is -2.16. The lowest BCUT2D eigenvalue weighted by atomic mass is 10.1. The Kier molecular flexibility index (Phi) is 4.48. The average molecular weight is 273 g/mol. The summed E-state index contributed by atoms with van der Waals surface area (Å²) in [4.78, 5) is 0. The number of methoxy groups -OCH3 is 1. The van der Waals surface area contributed by atoms with Crippen LogP contribution in [-0.2, 0) is 6.54 Å². The second-order valence-electron chi connectivity index (χ2n) is 4.67. The summed E-state index contributed by atoms with van der Waals surface area (Å²) in [6.45, 7) is 2.52. The Labute approximate surface area is 118 Å². The monoisotopic (exact) mass is 273 g/mol. The number of ether oxygens (including phenoxy) is 1. The fourth-order valence-corrected chi connectivity index (χ4v) is 2.05. The lowest BCUT2D eigenvalue weighted by Crippen LogP contribution is -2.18. The summed E-state index contributed by atoms with van der Waals surface area (Å²) >= 11 is 0. The molecular weight excluding hydrogens is 254 g/mol. The quantitative estimate of drug-likeness (QED) is 0.784. The van der Waals surface area contributed by atoms with Gasteiger partial charge in [0.15, 0.2) is 11.5 Å². The predicted octanol–water partition coefficient (Wildman–Crippen LogP) is 2.96. The van der Waals surface area contributed by atoms with Crippen LogP contribution in [0.1, 0.15) is 24.1 Å². The van der Waals surface area contributed by atoms with Gasteiger partial charge >= 0.3 is 0 Å². The van der Waals surface area contributed by atoms with E-state index < -0.39 is 0 Å². The molecule has 0 aliphatic carbocycles. The molecule has 1 atom stereocenters. The van der Waals surface area contributed by atoms with E-state index in [-0.39, 0.29) is 17.5 Å². The molecule has 0 amide bonds. The van der Waals surface area contributed by atoms with E-state index in [1.807, 2.05) is 31.2 Å². The highest BCUT2D eigenvalue weighted by Crippen LogP contribution is 2.29. The van der Waals surface area contributed by atoms with Crippen LogP contribution < -0.4 is 10.1 Å². The van der Waals surface area contributed by atoms with Gasteiger partial charge < -0.3 is 20.3 Å². The molecule has 0 fully saturated rings. The van der Waals surface area contributed by atoms with Crippen molar-refractivity contribution in [2.24, 2.45) is 0 Å². The highest BCUT2D eigenvalue weighted by Gasteiger charge is 2.10. The maximum Gasteiger partial charge on any atom is 0.162 e. The number of phenolic OH excluding ortho intramolecular Hbond substituents is 2. The standard InChI is InChI=1S/C16H19NO3/c1-11(12-5-3-7-14(18)9-12)17-10-13-6-4-8-15(20-2)16(13)19/h3-9,11,17-19H,10H2,1-2H3. The van der Waals surface area contributed by atoms with Crippen molar-refractivity contribution in [1.29, 1.82) is 0 Å². The fourth-order valence-electron chi connectivity index (χ4n) is 2.05. The van der Waals surface area contributed by atoms with Crippen molar-refractivity contribution in [2.45, 2.75) is 19.5 Å². The molecule has 20 heavy (non-hydrogen) atoms.